The van der Waals surface area contributed by atoms with E-state index >= 15 is 0 Å². The van der Waals surface area contributed by atoms with Crippen LogP contribution in [-0.2, 0) is 14.3 Å². The molecule has 1 saturated heterocycles. The van der Waals surface area contributed by atoms with E-state index in [4.69, 9.17) is 4.74 Å². The van der Waals surface area contributed by atoms with Crippen molar-refractivity contribution in [2.45, 2.75) is 57.2 Å². The summed E-state index contributed by atoms with van der Waals surface area (Å²) in [7, 11) is 0. The van der Waals surface area contributed by atoms with Crippen LogP contribution in [0.3, 0.4) is 0 Å². The Morgan fingerprint density at radius 3 is 2.36 bits per heavy atom. The number of fused-ring (bicyclic) bond motifs is 3. The van der Waals surface area contributed by atoms with E-state index in [1.165, 1.54) is 0 Å². The van der Waals surface area contributed by atoms with Gasteiger partial charge in [0.25, 0.3) is 0 Å². The molecule has 0 spiro atoms. The molecular formula is C27H31LrN4O4. The Hall–Kier alpha value is -4.68. The molecule has 0 unspecified atom stereocenters. The van der Waals surface area contributed by atoms with Gasteiger partial charge >= 0.3 is 122 Å². The zero-order valence-corrected chi connectivity index (χ0v) is 22.5. The number of likely N-dealkylation sites (tertiary alicyclic amines) is 1. The number of carbonyl (C=O) groups excluding carboxylic acids is 3. The minimum Gasteiger partial charge on any atom is -0.0619 e. The average Bonchev–Trinajstić information content (AvgIpc) is 3.50. The molecule has 8 nitrogen and oxygen atoms in total. The van der Waals surface area contributed by atoms with E-state index in [1.807, 2.05) is 31.2 Å². The topological polar surface area (TPSA) is 100 Å². The van der Waals surface area contributed by atoms with Gasteiger partial charge in [-0.2, -0.15) is 0 Å². The molecule has 1 fully saturated rings. The van der Waals surface area contributed by atoms with E-state index < -0.39 is 18.2 Å². The maximum atomic E-state index is 13.1. The van der Waals surface area contributed by atoms with Crippen LogP contribution in [0.4, 0.5) is 4.79 Å². The van der Waals surface area contributed by atoms with Crippen molar-refractivity contribution in [3.05, 3.63) is 59.7 Å². The fourth-order valence-electron chi connectivity index (χ4n) is 5.00. The molecule has 9 heteroatoms. The second kappa shape index (κ2) is 10.7. The zero-order chi connectivity index (χ0) is 25.7. The number of benzene rings is 2. The number of alkyl carbamates (subject to hydrolysis) is 1. The molecule has 1 heterocycles. The van der Waals surface area contributed by atoms with Crippen LogP contribution in [0.25, 0.3) is 11.1 Å². The van der Waals surface area contributed by atoms with Crippen molar-refractivity contribution in [2.24, 2.45) is 5.41 Å². The van der Waals surface area contributed by atoms with Crippen molar-refractivity contribution in [1.82, 2.24) is 15.5 Å². The smallest absolute Gasteiger partial charge is 0.0619 e. The molecule has 0 aromatic heterocycles. The average molecular weight is 738 g/mol. The number of amides is 3. The number of carbonyl (C=O) groups is 3. The van der Waals surface area contributed by atoms with Gasteiger partial charge in [-0.3, -0.25) is 0 Å². The first-order valence-corrected chi connectivity index (χ1v) is 13.2. The number of hydrogen-bond acceptors (Lipinski definition) is 5. The molecule has 2 aliphatic rings. The first kappa shape index (κ1) is 24.4. The summed E-state index contributed by atoms with van der Waals surface area (Å²) in [5, 5.41) is 9.53. The van der Waals surface area contributed by atoms with E-state index in [1.54, 1.807) is 18.0 Å². The maximum absolute atomic E-state index is 13.1. The third kappa shape index (κ3) is 4.89. The van der Waals surface area contributed by atoms with Crippen molar-refractivity contribution in [3.8, 4) is 11.1 Å². The minimum atomic E-state index is -0.814. The van der Waals surface area contributed by atoms with Crippen LogP contribution in [0, 0.1) is 0 Å². The summed E-state index contributed by atoms with van der Waals surface area (Å²) in [5.74, 6) is -0.553. The number of ether oxygens (including phenoxy) is 1. The number of nitrogens with one attached hydrogen (secondary N) is 2. The van der Waals surface area contributed by atoms with Gasteiger partial charge in [0.15, 0.2) is 0 Å². The van der Waals surface area contributed by atoms with Crippen LogP contribution in [0.5, 0.6) is 0 Å². The second-order valence-corrected chi connectivity index (χ2v) is 9.68. The predicted octanol–water partition coefficient (Wildman–Crippen LogP) is 3.33. The van der Waals surface area contributed by atoms with Crippen LogP contribution < -0.4 is 10.6 Å². The van der Waals surface area contributed by atoms with E-state index in [0.717, 1.165) is 28.7 Å². The predicted molar refractivity (Wildman–Crippen MR) is 133 cm³/mol. The van der Waals surface area contributed by atoms with Crippen molar-refractivity contribution in [1.29, 1.82) is 0 Å². The quantitative estimate of drug-likeness (QED) is 0.407. The van der Waals surface area contributed by atoms with Gasteiger partial charge in [-0.15, -0.1) is 0 Å². The second-order valence-electron chi connectivity index (χ2n) is 9.12. The summed E-state index contributed by atoms with van der Waals surface area (Å²) in [5.41, 5.74) is 4.55. The summed E-state index contributed by atoms with van der Waals surface area (Å²) in [6.07, 6.45) is 3.04. The van der Waals surface area contributed by atoms with Crippen LogP contribution >= 0.6 is 0 Å². The van der Waals surface area contributed by atoms with E-state index in [0.29, 0.717) is 19.4 Å². The zero-order valence-electron chi connectivity index (χ0n) is 20.3. The number of rotatable bonds is 8. The van der Waals surface area contributed by atoms with Crippen LogP contribution in [-0.4, -0.2) is 60.3 Å². The molecule has 3 amide bonds. The molecule has 0 bridgehead atoms. The van der Waals surface area contributed by atoms with Gasteiger partial charge in [-0.05, 0) is 22.3 Å². The monoisotopic (exact) mass is 737 g/mol. The Morgan fingerprint density at radius 1 is 1.11 bits per heavy atom. The van der Waals surface area contributed by atoms with Crippen molar-refractivity contribution < 1.29 is 19.1 Å². The fraction of sp³-hybridized carbons (Fsp3) is 0.407. The fourth-order valence-corrected chi connectivity index (χ4v) is 5.39. The van der Waals surface area contributed by atoms with Gasteiger partial charge in [0.1, 0.15) is 6.61 Å². The molecule has 2 aromatic rings. The van der Waals surface area contributed by atoms with Crippen molar-refractivity contribution in [3.63, 3.8) is 0 Å². The Bertz CT molecular complexity index is 1110. The Labute approximate surface area is 205 Å². The van der Waals surface area contributed by atoms with Gasteiger partial charge in [0, 0.05) is 5.92 Å². The van der Waals surface area contributed by atoms with Crippen molar-refractivity contribution in [2.75, 3.05) is 13.2 Å². The first-order valence-electron chi connectivity index (χ1n) is 12.3. The van der Waals surface area contributed by atoms with Crippen LogP contribution in [0.2, 0.25) is 0 Å². The Kier molecular flexibility index (Phi) is 7.28. The first-order chi connectivity index (χ1) is 17.4. The standard InChI is InChI=1S/C27H31N4O4.Lr/c1-3-18(15-28)30-25(32)24-13-8-14-31(24)26(33)17(2)29-27(34)35-16-23-21-11-6-4-9-19(21)20-10-5-7-12-22(20)23;/h4-7,9-12,15,17-18,23-24H,3,8,13-14,16H2,1-2H3,(H,29,34)(H,30,32);/q-1;+1/t17-,18-,24-;/m0./s1. The molecule has 4 rings (SSSR count). The van der Waals surface area contributed by atoms with Gasteiger partial charge in [0.05, 0.1) is 0 Å². The van der Waals surface area contributed by atoms with Crippen molar-refractivity contribution >= 4 is 24.1 Å². The number of nitrogens with zero attached hydrogens (tertiary/aromatic N) is 2. The van der Waals surface area contributed by atoms with Crippen LogP contribution in [0.15, 0.2) is 53.9 Å². The summed E-state index contributed by atoms with van der Waals surface area (Å²) in [6, 6.07) is 14.7. The molecule has 0 radical (unpaired) electrons. The molecule has 1 aliphatic carbocycles. The van der Waals surface area contributed by atoms with Crippen LogP contribution in [0.1, 0.15) is 50.2 Å². The molecule has 198 valence electrons. The summed E-state index contributed by atoms with van der Waals surface area (Å²) in [4.78, 5) is 40.1. The summed E-state index contributed by atoms with van der Waals surface area (Å²) in [6.45, 7) is 4.22. The van der Waals surface area contributed by atoms with Gasteiger partial charge in [-0.1, -0.05) is 48.5 Å². The third-order valence-corrected chi connectivity index (χ3v) is 7.19. The normalized spacial score (nSPS) is 18.4. The van der Waals surface area contributed by atoms with Gasteiger partial charge < -0.3 is 0 Å². The van der Waals surface area contributed by atoms with E-state index in [2.05, 4.69) is 40.3 Å². The molecular weight excluding hydrogens is 706 g/mol. The summed E-state index contributed by atoms with van der Waals surface area (Å²) < 4.78 is 7.64. The summed E-state index contributed by atoms with van der Waals surface area (Å²) >= 11 is 0. The number of hydrogen-bond donors (Lipinski definition) is 2. The van der Waals surface area contributed by atoms with Gasteiger partial charge in [-0.25, -0.2) is 0 Å². The molecule has 2 N–H and O–H groups in total. The molecule has 3 atom stereocenters. The Morgan fingerprint density at radius 2 is 1.75 bits per heavy atom. The molecule has 0 saturated carbocycles. The Balaban J connectivity index is 1.34. The minimum absolute atomic E-state index is 0.0575. The molecule has 2 aromatic carbocycles. The third-order valence-electron chi connectivity index (χ3n) is 6.87. The van der Waals surface area contributed by atoms with E-state index in [-0.39, 0.29) is 30.4 Å². The molecule has 1 aliphatic heterocycles. The molecule has 36 heavy (non-hydrogen) atoms. The SMILES string of the molecule is CC[C@@H](/C=[N]/[Lr])NC(=O)[C@@H]1CCCN1C(=O)[C@H](C)NC(=O)OCC1c2ccccc2-c2ccccc21. The van der Waals surface area contributed by atoms with Gasteiger partial charge in [0.2, 0.25) is 0 Å². The van der Waals surface area contributed by atoms with E-state index in [9.17, 15) is 14.4 Å².